The predicted octanol–water partition coefficient (Wildman–Crippen LogP) is 4.98. The van der Waals surface area contributed by atoms with Crippen LogP contribution >= 0.6 is 35.0 Å². The van der Waals surface area contributed by atoms with Crippen molar-refractivity contribution in [3.05, 3.63) is 65.5 Å². The van der Waals surface area contributed by atoms with Crippen molar-refractivity contribution in [1.82, 2.24) is 0 Å². The normalized spacial score (nSPS) is 16.5. The third kappa shape index (κ3) is 7.58. The summed E-state index contributed by atoms with van der Waals surface area (Å²) in [6.07, 6.45) is 8.19. The maximum atomic E-state index is 9.56. The van der Waals surface area contributed by atoms with Gasteiger partial charge in [0, 0.05) is 11.8 Å². The molecule has 4 nitrogen and oxygen atoms in total. The summed E-state index contributed by atoms with van der Waals surface area (Å²) in [6.45, 7) is 4.53. The van der Waals surface area contributed by atoms with Gasteiger partial charge in [0.25, 0.3) is 0 Å². The van der Waals surface area contributed by atoms with Crippen molar-refractivity contribution in [2.45, 2.75) is 37.2 Å². The molecule has 29 heavy (non-hydrogen) atoms. The quantitative estimate of drug-likeness (QED) is 0.361. The van der Waals surface area contributed by atoms with Gasteiger partial charge in [-0.05, 0) is 29.3 Å². The molecule has 0 spiro atoms. The van der Waals surface area contributed by atoms with Crippen LogP contribution in [0.4, 0.5) is 0 Å². The lowest BCUT2D eigenvalue weighted by atomic mass is 9.77. The molecule has 2 atom stereocenters. The second kappa shape index (κ2) is 11.9. The highest BCUT2D eigenvalue weighted by atomic mass is 35.5. The number of hydrogen-bond acceptors (Lipinski definition) is 5. The van der Waals surface area contributed by atoms with Crippen LogP contribution in [0.2, 0.25) is 0 Å². The molecule has 0 aliphatic heterocycles. The number of aliphatic hydroxyl groups is 2. The minimum absolute atomic E-state index is 0.156. The van der Waals surface area contributed by atoms with E-state index in [0.717, 1.165) is 22.6 Å². The Morgan fingerprint density at radius 1 is 1.07 bits per heavy atom. The minimum atomic E-state index is -0.665. The fourth-order valence-corrected chi connectivity index (χ4v) is 3.55. The van der Waals surface area contributed by atoms with Crippen LogP contribution in [0.15, 0.2) is 59.9 Å². The molecule has 7 heteroatoms. The Balaban J connectivity index is 2.03. The fourth-order valence-electron chi connectivity index (χ4n) is 2.74. The second-order valence-corrected chi connectivity index (χ2v) is 8.90. The molecule has 1 aromatic carbocycles. The van der Waals surface area contributed by atoms with E-state index in [1.54, 1.807) is 0 Å². The Kier molecular flexibility index (Phi) is 9.93. The van der Waals surface area contributed by atoms with Crippen molar-refractivity contribution in [2.24, 2.45) is 0 Å². The van der Waals surface area contributed by atoms with Gasteiger partial charge in [0.05, 0.1) is 17.5 Å². The van der Waals surface area contributed by atoms with Gasteiger partial charge in [0.2, 0.25) is 0 Å². The Bertz CT molecular complexity index is 729. The van der Waals surface area contributed by atoms with Gasteiger partial charge in [-0.25, -0.2) is 0 Å². The number of rotatable bonds is 11. The first-order valence-corrected chi connectivity index (χ1v) is 11.5. The number of ether oxygens (including phenoxy) is 2. The Labute approximate surface area is 187 Å². The zero-order chi connectivity index (χ0) is 21.3. The zero-order valence-corrected chi connectivity index (χ0v) is 19.0. The third-order valence-electron chi connectivity index (χ3n) is 4.62. The van der Waals surface area contributed by atoms with Crippen molar-refractivity contribution in [2.75, 3.05) is 24.3 Å². The highest BCUT2D eigenvalue weighted by molar-refractivity contribution is 7.99. The minimum Gasteiger partial charge on any atom is -0.495 e. The number of aliphatic hydroxyl groups excluding tert-OH is 2. The summed E-state index contributed by atoms with van der Waals surface area (Å²) >= 11 is 12.4. The number of benzene rings is 1. The van der Waals surface area contributed by atoms with E-state index in [2.05, 4.69) is 44.2 Å². The summed E-state index contributed by atoms with van der Waals surface area (Å²) in [7, 11) is 0. The first-order chi connectivity index (χ1) is 13.9. The molecule has 0 saturated heterocycles. The lowest BCUT2D eigenvalue weighted by Gasteiger charge is -2.27. The maximum absolute atomic E-state index is 9.56. The zero-order valence-electron chi connectivity index (χ0n) is 16.7. The molecule has 0 amide bonds. The lowest BCUT2D eigenvalue weighted by molar-refractivity contribution is 0.0842. The standard InChI is InChI=1S/C22H28Cl2O4S/c1-22(2,16-4-3-5-19(9-6-16)27-14-18(25)12-23)17-7-10-20(11-8-17)28-15-29-21(26)13-24/h3-4,6-11,18,21,25-26H,5,12-15H2,1-2H3. The summed E-state index contributed by atoms with van der Waals surface area (Å²) in [5.74, 6) is 2.23. The Morgan fingerprint density at radius 2 is 1.79 bits per heavy atom. The molecule has 2 rings (SSSR count). The SMILES string of the molecule is CC(C)(C1=CC=C(OCC(O)CCl)CC=C1)c1ccc(OCSC(O)CCl)cc1. The third-order valence-corrected chi connectivity index (χ3v) is 6.26. The average Bonchev–Trinajstić information content (AvgIpc) is 2.98. The molecule has 0 fully saturated rings. The van der Waals surface area contributed by atoms with Gasteiger partial charge in [0.1, 0.15) is 29.8 Å². The lowest BCUT2D eigenvalue weighted by Crippen LogP contribution is -2.19. The molecular formula is C22H28Cl2O4S. The molecule has 160 valence electrons. The molecule has 0 heterocycles. The summed E-state index contributed by atoms with van der Waals surface area (Å²) < 4.78 is 11.3. The van der Waals surface area contributed by atoms with Gasteiger partial charge in [-0.2, -0.15) is 0 Å². The summed E-state index contributed by atoms with van der Waals surface area (Å²) in [5, 5.41) is 19.0. The molecule has 2 N–H and O–H groups in total. The van der Waals surface area contributed by atoms with Gasteiger partial charge >= 0.3 is 0 Å². The Hall–Kier alpha value is -1.11. The first kappa shape index (κ1) is 24.2. The monoisotopic (exact) mass is 458 g/mol. The van der Waals surface area contributed by atoms with Crippen LogP contribution in [0, 0.1) is 0 Å². The molecule has 0 bridgehead atoms. The molecule has 0 aromatic heterocycles. The van der Waals surface area contributed by atoms with Gasteiger partial charge in [-0.1, -0.05) is 56.0 Å². The molecule has 0 radical (unpaired) electrons. The van der Waals surface area contributed by atoms with Crippen LogP contribution in [0.1, 0.15) is 25.8 Å². The van der Waals surface area contributed by atoms with Crippen LogP contribution in [-0.4, -0.2) is 46.1 Å². The molecular weight excluding hydrogens is 431 g/mol. The average molecular weight is 459 g/mol. The van der Waals surface area contributed by atoms with Crippen molar-refractivity contribution >= 4 is 35.0 Å². The number of allylic oxidation sites excluding steroid dienone is 5. The summed E-state index contributed by atoms with van der Waals surface area (Å²) in [6, 6.07) is 7.97. The van der Waals surface area contributed by atoms with Crippen LogP contribution in [0.3, 0.4) is 0 Å². The number of alkyl halides is 2. The molecule has 1 aromatic rings. The predicted molar refractivity (Wildman–Crippen MR) is 122 cm³/mol. The van der Waals surface area contributed by atoms with E-state index in [9.17, 15) is 10.2 Å². The highest BCUT2D eigenvalue weighted by Gasteiger charge is 2.24. The van der Waals surface area contributed by atoms with Gasteiger partial charge in [-0.15, -0.1) is 23.2 Å². The largest absolute Gasteiger partial charge is 0.495 e. The summed E-state index contributed by atoms with van der Waals surface area (Å²) in [4.78, 5) is 0. The van der Waals surface area contributed by atoms with E-state index >= 15 is 0 Å². The topological polar surface area (TPSA) is 58.9 Å². The van der Waals surface area contributed by atoms with E-state index in [1.807, 2.05) is 18.2 Å². The summed E-state index contributed by atoms with van der Waals surface area (Å²) in [5.41, 5.74) is 1.48. The van der Waals surface area contributed by atoms with Crippen LogP contribution in [-0.2, 0) is 10.2 Å². The van der Waals surface area contributed by atoms with Gasteiger partial charge in [0.15, 0.2) is 0 Å². The maximum Gasteiger partial charge on any atom is 0.136 e. The van der Waals surface area contributed by atoms with Crippen LogP contribution < -0.4 is 4.74 Å². The molecule has 0 saturated carbocycles. The molecule has 1 aliphatic rings. The van der Waals surface area contributed by atoms with Crippen molar-refractivity contribution < 1.29 is 19.7 Å². The van der Waals surface area contributed by atoms with E-state index in [4.69, 9.17) is 32.7 Å². The first-order valence-electron chi connectivity index (χ1n) is 9.40. The van der Waals surface area contributed by atoms with Crippen molar-refractivity contribution in [3.63, 3.8) is 0 Å². The fraction of sp³-hybridized carbons (Fsp3) is 0.455. The van der Waals surface area contributed by atoms with Crippen LogP contribution in [0.25, 0.3) is 0 Å². The van der Waals surface area contributed by atoms with E-state index in [0.29, 0.717) is 12.4 Å². The van der Waals surface area contributed by atoms with Crippen LogP contribution in [0.5, 0.6) is 5.75 Å². The molecule has 2 unspecified atom stereocenters. The molecule has 1 aliphatic carbocycles. The van der Waals surface area contributed by atoms with Gasteiger partial charge in [-0.3, -0.25) is 0 Å². The number of halogens is 2. The highest BCUT2D eigenvalue weighted by Crippen LogP contribution is 2.34. The van der Waals surface area contributed by atoms with Crippen molar-refractivity contribution in [1.29, 1.82) is 0 Å². The van der Waals surface area contributed by atoms with Crippen molar-refractivity contribution in [3.8, 4) is 5.75 Å². The number of thioether (sulfide) groups is 1. The van der Waals surface area contributed by atoms with E-state index < -0.39 is 11.5 Å². The number of hydrogen-bond donors (Lipinski definition) is 2. The van der Waals surface area contributed by atoms with E-state index in [-0.39, 0.29) is 23.8 Å². The van der Waals surface area contributed by atoms with Gasteiger partial charge < -0.3 is 19.7 Å². The van der Waals surface area contributed by atoms with E-state index in [1.165, 1.54) is 11.8 Å². The smallest absolute Gasteiger partial charge is 0.136 e. The second-order valence-electron chi connectivity index (χ2n) is 7.17. The Morgan fingerprint density at radius 3 is 2.45 bits per heavy atom.